The van der Waals surface area contributed by atoms with Gasteiger partial charge in [0, 0.05) is 51.8 Å². The first-order valence-corrected chi connectivity index (χ1v) is 9.04. The predicted molar refractivity (Wildman–Crippen MR) is 89.8 cm³/mol. The van der Waals surface area contributed by atoms with Crippen LogP contribution in [0.15, 0.2) is 18.5 Å². The summed E-state index contributed by atoms with van der Waals surface area (Å²) in [7, 11) is 0. The number of nitrogens with zero attached hydrogens (tertiary/aromatic N) is 3. The van der Waals surface area contributed by atoms with Gasteiger partial charge >= 0.3 is 6.03 Å². The molecule has 3 rings (SSSR count). The molecule has 0 spiro atoms. The number of nitrogens with one attached hydrogen (secondary N) is 1. The molecule has 24 heavy (non-hydrogen) atoms. The average Bonchev–Trinajstić information content (AvgIpc) is 3.33. The molecule has 7 nitrogen and oxygen atoms in total. The molecule has 0 bridgehead atoms. The zero-order valence-corrected chi connectivity index (χ0v) is 14.2. The molecule has 2 atom stereocenters. The van der Waals surface area contributed by atoms with E-state index in [1.165, 1.54) is 0 Å². The second-order valence-corrected chi connectivity index (χ2v) is 6.53. The lowest BCUT2D eigenvalue weighted by Crippen LogP contribution is -2.47. The quantitative estimate of drug-likeness (QED) is 0.733. The van der Waals surface area contributed by atoms with Gasteiger partial charge in [0.2, 0.25) is 0 Å². The van der Waals surface area contributed by atoms with Gasteiger partial charge in [-0.3, -0.25) is 4.68 Å². The molecule has 3 heterocycles. The molecule has 134 valence electrons. The lowest BCUT2D eigenvalue weighted by Gasteiger charge is -2.28. The van der Waals surface area contributed by atoms with Gasteiger partial charge in [-0.05, 0) is 38.2 Å². The third kappa shape index (κ3) is 5.21. The SMILES string of the molecule is O=C(NCCCn1cccn1)N(C[C@H]1CCCO1)C[C@@H]1CCCO1. The number of hydrogen-bond donors (Lipinski definition) is 1. The Morgan fingerprint density at radius 3 is 2.46 bits per heavy atom. The van der Waals surface area contributed by atoms with E-state index in [4.69, 9.17) is 9.47 Å². The van der Waals surface area contributed by atoms with E-state index in [0.29, 0.717) is 19.6 Å². The van der Waals surface area contributed by atoms with E-state index >= 15 is 0 Å². The van der Waals surface area contributed by atoms with Crippen LogP contribution in [0.25, 0.3) is 0 Å². The number of aromatic nitrogens is 2. The van der Waals surface area contributed by atoms with Gasteiger partial charge in [0.05, 0.1) is 12.2 Å². The molecule has 1 aromatic heterocycles. The highest BCUT2D eigenvalue weighted by Gasteiger charge is 2.26. The molecule has 0 radical (unpaired) electrons. The molecule has 0 aromatic carbocycles. The number of hydrogen-bond acceptors (Lipinski definition) is 4. The molecule has 2 aliphatic rings. The lowest BCUT2D eigenvalue weighted by atomic mass is 10.2. The maximum Gasteiger partial charge on any atom is 0.317 e. The standard InChI is InChI=1S/C17H28N4O3/c22-17(18-7-3-9-21-10-4-8-19-21)20(13-15-5-1-11-23-15)14-16-6-2-12-24-16/h4,8,10,15-16H,1-3,5-7,9,11-14H2,(H,18,22)/t15-,16+. The summed E-state index contributed by atoms with van der Waals surface area (Å²) in [6.07, 6.45) is 9.15. The van der Waals surface area contributed by atoms with Crippen molar-refractivity contribution in [2.75, 3.05) is 32.8 Å². The molecule has 0 aliphatic carbocycles. The van der Waals surface area contributed by atoms with Gasteiger partial charge < -0.3 is 19.7 Å². The summed E-state index contributed by atoms with van der Waals surface area (Å²) in [6.45, 7) is 4.39. The van der Waals surface area contributed by atoms with Crippen molar-refractivity contribution in [1.29, 1.82) is 0 Å². The zero-order chi connectivity index (χ0) is 16.6. The van der Waals surface area contributed by atoms with Gasteiger partial charge in [-0.2, -0.15) is 5.10 Å². The zero-order valence-electron chi connectivity index (χ0n) is 14.2. The second kappa shape index (κ2) is 9.03. The summed E-state index contributed by atoms with van der Waals surface area (Å²) in [5, 5.41) is 7.19. The molecule has 7 heteroatoms. The number of aryl methyl sites for hydroxylation is 1. The van der Waals surface area contributed by atoms with Crippen molar-refractivity contribution in [2.24, 2.45) is 0 Å². The van der Waals surface area contributed by atoms with Crippen molar-refractivity contribution in [3.05, 3.63) is 18.5 Å². The van der Waals surface area contributed by atoms with E-state index < -0.39 is 0 Å². The van der Waals surface area contributed by atoms with E-state index in [0.717, 1.165) is 51.9 Å². The van der Waals surface area contributed by atoms with Crippen LogP contribution < -0.4 is 5.32 Å². The normalized spacial score (nSPS) is 23.5. The number of amides is 2. The van der Waals surface area contributed by atoms with E-state index in [1.54, 1.807) is 6.20 Å². The molecule has 0 unspecified atom stereocenters. The van der Waals surface area contributed by atoms with Crippen LogP contribution in [0.4, 0.5) is 4.79 Å². The molecular weight excluding hydrogens is 308 g/mol. The predicted octanol–water partition coefficient (Wildman–Crippen LogP) is 1.64. The lowest BCUT2D eigenvalue weighted by molar-refractivity contribution is 0.0499. The minimum atomic E-state index is -0.0125. The van der Waals surface area contributed by atoms with Gasteiger partial charge in [-0.1, -0.05) is 0 Å². The van der Waals surface area contributed by atoms with Crippen molar-refractivity contribution in [1.82, 2.24) is 20.0 Å². The largest absolute Gasteiger partial charge is 0.376 e. The smallest absolute Gasteiger partial charge is 0.317 e. The highest BCUT2D eigenvalue weighted by atomic mass is 16.5. The van der Waals surface area contributed by atoms with Crippen LogP contribution in [0.2, 0.25) is 0 Å². The summed E-state index contributed by atoms with van der Waals surface area (Å²) < 4.78 is 13.3. The summed E-state index contributed by atoms with van der Waals surface area (Å²) in [4.78, 5) is 14.4. The van der Waals surface area contributed by atoms with Crippen molar-refractivity contribution in [3.63, 3.8) is 0 Å². The van der Waals surface area contributed by atoms with Crippen molar-refractivity contribution < 1.29 is 14.3 Å². The summed E-state index contributed by atoms with van der Waals surface area (Å²) in [6, 6.07) is 1.89. The van der Waals surface area contributed by atoms with Gasteiger partial charge in [-0.25, -0.2) is 4.79 Å². The van der Waals surface area contributed by atoms with Crippen LogP contribution in [-0.2, 0) is 16.0 Å². The molecule has 1 aromatic rings. The minimum Gasteiger partial charge on any atom is -0.376 e. The first-order valence-electron chi connectivity index (χ1n) is 9.04. The Kier molecular flexibility index (Phi) is 6.48. The highest BCUT2D eigenvalue weighted by Crippen LogP contribution is 2.17. The maximum atomic E-state index is 12.6. The second-order valence-electron chi connectivity index (χ2n) is 6.53. The monoisotopic (exact) mass is 336 g/mol. The highest BCUT2D eigenvalue weighted by molar-refractivity contribution is 5.74. The van der Waals surface area contributed by atoms with Crippen molar-refractivity contribution >= 4 is 6.03 Å². The molecule has 2 amide bonds. The Morgan fingerprint density at radius 1 is 1.21 bits per heavy atom. The van der Waals surface area contributed by atoms with E-state index in [-0.39, 0.29) is 18.2 Å². The average molecular weight is 336 g/mol. The van der Waals surface area contributed by atoms with Gasteiger partial charge in [-0.15, -0.1) is 0 Å². The van der Waals surface area contributed by atoms with Crippen LogP contribution in [0, 0.1) is 0 Å². The Labute approximate surface area is 143 Å². The Morgan fingerprint density at radius 2 is 1.92 bits per heavy atom. The molecule has 2 fully saturated rings. The fourth-order valence-corrected chi connectivity index (χ4v) is 3.29. The third-order valence-electron chi connectivity index (χ3n) is 4.58. The molecule has 1 N–H and O–H groups in total. The summed E-state index contributed by atoms with van der Waals surface area (Å²) >= 11 is 0. The van der Waals surface area contributed by atoms with Crippen molar-refractivity contribution in [3.8, 4) is 0 Å². The number of rotatable bonds is 8. The Hall–Kier alpha value is -1.60. The third-order valence-corrected chi connectivity index (χ3v) is 4.58. The Balaban J connectivity index is 1.43. The fourth-order valence-electron chi connectivity index (χ4n) is 3.29. The number of urea groups is 1. The fraction of sp³-hybridized carbons (Fsp3) is 0.765. The molecule has 0 saturated carbocycles. The number of carbonyl (C=O) groups is 1. The first kappa shape index (κ1) is 17.2. The number of ether oxygens (including phenoxy) is 2. The minimum absolute atomic E-state index is 0.0125. The van der Waals surface area contributed by atoms with Crippen LogP contribution in [0.5, 0.6) is 0 Å². The van der Waals surface area contributed by atoms with Gasteiger partial charge in [0.15, 0.2) is 0 Å². The van der Waals surface area contributed by atoms with Crippen LogP contribution >= 0.6 is 0 Å². The van der Waals surface area contributed by atoms with E-state index in [1.807, 2.05) is 21.8 Å². The van der Waals surface area contributed by atoms with Crippen molar-refractivity contribution in [2.45, 2.75) is 50.9 Å². The Bertz CT molecular complexity index is 464. The summed E-state index contributed by atoms with van der Waals surface area (Å²) in [5.41, 5.74) is 0. The molecule has 2 aliphatic heterocycles. The van der Waals surface area contributed by atoms with Crippen LogP contribution in [0.3, 0.4) is 0 Å². The molecule has 2 saturated heterocycles. The maximum absolute atomic E-state index is 12.6. The van der Waals surface area contributed by atoms with Gasteiger partial charge in [0.1, 0.15) is 0 Å². The van der Waals surface area contributed by atoms with Gasteiger partial charge in [0.25, 0.3) is 0 Å². The van der Waals surface area contributed by atoms with Crippen LogP contribution in [0.1, 0.15) is 32.1 Å². The topological polar surface area (TPSA) is 68.6 Å². The van der Waals surface area contributed by atoms with E-state index in [9.17, 15) is 4.79 Å². The van der Waals surface area contributed by atoms with E-state index in [2.05, 4.69) is 10.4 Å². The molecular formula is C17H28N4O3. The first-order chi connectivity index (χ1) is 11.8. The summed E-state index contributed by atoms with van der Waals surface area (Å²) in [5.74, 6) is 0. The van der Waals surface area contributed by atoms with Crippen LogP contribution in [-0.4, -0.2) is 65.8 Å². The number of carbonyl (C=O) groups excluding carboxylic acids is 1.